The standard InChI is InChI=1S/C11H14BrNO/c1-3-4-7-13-9-5-6-11(14-2)10(12)8-9/h3-6,8,13H,7H2,1-2H3/b4-3+. The maximum absolute atomic E-state index is 5.14. The van der Waals surface area contributed by atoms with Crippen molar-refractivity contribution in [1.29, 1.82) is 0 Å². The lowest BCUT2D eigenvalue weighted by Crippen LogP contribution is -1.97. The van der Waals surface area contributed by atoms with Gasteiger partial charge in [-0.05, 0) is 41.1 Å². The number of ether oxygens (including phenoxy) is 1. The second kappa shape index (κ2) is 5.70. The summed E-state index contributed by atoms with van der Waals surface area (Å²) in [4.78, 5) is 0. The van der Waals surface area contributed by atoms with Crippen molar-refractivity contribution < 1.29 is 4.74 Å². The van der Waals surface area contributed by atoms with E-state index in [1.807, 2.05) is 31.2 Å². The highest BCUT2D eigenvalue weighted by molar-refractivity contribution is 9.10. The van der Waals surface area contributed by atoms with Crippen LogP contribution in [0.2, 0.25) is 0 Å². The molecule has 76 valence electrons. The van der Waals surface area contributed by atoms with Crippen molar-refractivity contribution in [3.63, 3.8) is 0 Å². The first-order chi connectivity index (χ1) is 6.77. The van der Waals surface area contributed by atoms with E-state index in [4.69, 9.17) is 4.74 Å². The van der Waals surface area contributed by atoms with Gasteiger partial charge in [0.15, 0.2) is 0 Å². The molecule has 0 aliphatic rings. The molecule has 0 saturated heterocycles. The molecule has 3 heteroatoms. The van der Waals surface area contributed by atoms with Gasteiger partial charge in [-0.3, -0.25) is 0 Å². The Morgan fingerprint density at radius 2 is 2.29 bits per heavy atom. The summed E-state index contributed by atoms with van der Waals surface area (Å²) < 4.78 is 6.10. The van der Waals surface area contributed by atoms with E-state index in [0.29, 0.717) is 0 Å². The van der Waals surface area contributed by atoms with E-state index in [-0.39, 0.29) is 0 Å². The van der Waals surface area contributed by atoms with Gasteiger partial charge in [-0.2, -0.15) is 0 Å². The summed E-state index contributed by atoms with van der Waals surface area (Å²) in [5.74, 6) is 0.849. The Morgan fingerprint density at radius 1 is 1.50 bits per heavy atom. The van der Waals surface area contributed by atoms with Crippen LogP contribution >= 0.6 is 15.9 Å². The van der Waals surface area contributed by atoms with Gasteiger partial charge >= 0.3 is 0 Å². The molecule has 1 N–H and O–H groups in total. The van der Waals surface area contributed by atoms with Gasteiger partial charge in [-0.1, -0.05) is 12.2 Å². The highest BCUT2D eigenvalue weighted by Gasteiger charge is 1.99. The average Bonchev–Trinajstić information content (AvgIpc) is 2.18. The van der Waals surface area contributed by atoms with E-state index >= 15 is 0 Å². The van der Waals surface area contributed by atoms with Gasteiger partial charge < -0.3 is 10.1 Å². The summed E-state index contributed by atoms with van der Waals surface area (Å²) in [6.45, 7) is 2.85. The van der Waals surface area contributed by atoms with Crippen LogP contribution in [-0.2, 0) is 0 Å². The van der Waals surface area contributed by atoms with E-state index in [2.05, 4.69) is 27.3 Å². The van der Waals surface area contributed by atoms with Crippen LogP contribution in [0.25, 0.3) is 0 Å². The molecule has 0 saturated carbocycles. The summed E-state index contributed by atoms with van der Waals surface area (Å²) >= 11 is 3.43. The fourth-order valence-corrected chi connectivity index (χ4v) is 1.61. The smallest absolute Gasteiger partial charge is 0.133 e. The van der Waals surface area contributed by atoms with Crippen LogP contribution in [0, 0.1) is 0 Å². The molecule has 0 aromatic heterocycles. The number of anilines is 1. The number of benzene rings is 1. The summed E-state index contributed by atoms with van der Waals surface area (Å²) in [7, 11) is 1.66. The quantitative estimate of drug-likeness (QED) is 0.833. The van der Waals surface area contributed by atoms with Gasteiger partial charge in [0.1, 0.15) is 5.75 Å². The Balaban J connectivity index is 2.66. The van der Waals surface area contributed by atoms with Gasteiger partial charge in [0.05, 0.1) is 11.6 Å². The summed E-state index contributed by atoms with van der Waals surface area (Å²) in [5, 5.41) is 3.27. The maximum Gasteiger partial charge on any atom is 0.133 e. The molecule has 0 spiro atoms. The highest BCUT2D eigenvalue weighted by Crippen LogP contribution is 2.27. The van der Waals surface area contributed by atoms with Crippen molar-refractivity contribution in [3.8, 4) is 5.75 Å². The average molecular weight is 256 g/mol. The van der Waals surface area contributed by atoms with Gasteiger partial charge in [0.2, 0.25) is 0 Å². The third-order valence-electron chi connectivity index (χ3n) is 1.81. The van der Waals surface area contributed by atoms with Crippen LogP contribution in [0.3, 0.4) is 0 Å². The first kappa shape index (κ1) is 11.1. The van der Waals surface area contributed by atoms with Crippen molar-refractivity contribution in [2.45, 2.75) is 6.92 Å². The van der Waals surface area contributed by atoms with Gasteiger partial charge in [0.25, 0.3) is 0 Å². The molecule has 0 atom stereocenters. The minimum Gasteiger partial charge on any atom is -0.496 e. The van der Waals surface area contributed by atoms with Crippen LogP contribution in [0.5, 0.6) is 5.75 Å². The normalized spacial score (nSPS) is 10.5. The lowest BCUT2D eigenvalue weighted by Gasteiger charge is -2.07. The lowest BCUT2D eigenvalue weighted by atomic mass is 10.3. The fourth-order valence-electron chi connectivity index (χ4n) is 1.07. The Hall–Kier alpha value is -0.960. The number of methoxy groups -OCH3 is 1. The number of allylic oxidation sites excluding steroid dienone is 1. The monoisotopic (exact) mass is 255 g/mol. The zero-order chi connectivity index (χ0) is 10.4. The highest BCUT2D eigenvalue weighted by atomic mass is 79.9. The second-order valence-electron chi connectivity index (χ2n) is 2.80. The SMILES string of the molecule is C/C=C/CNc1ccc(OC)c(Br)c1. The minimum atomic E-state index is 0.843. The number of hydrogen-bond donors (Lipinski definition) is 1. The maximum atomic E-state index is 5.14. The van der Waals surface area contributed by atoms with Crippen LogP contribution < -0.4 is 10.1 Å². The fraction of sp³-hybridized carbons (Fsp3) is 0.273. The molecule has 1 aromatic carbocycles. The zero-order valence-corrected chi connectivity index (χ0v) is 9.97. The van der Waals surface area contributed by atoms with Crippen LogP contribution in [0.1, 0.15) is 6.92 Å². The molecule has 2 nitrogen and oxygen atoms in total. The van der Waals surface area contributed by atoms with Crippen LogP contribution in [0.15, 0.2) is 34.8 Å². The third kappa shape index (κ3) is 3.07. The van der Waals surface area contributed by atoms with Crippen molar-refractivity contribution in [1.82, 2.24) is 0 Å². The Morgan fingerprint density at radius 3 is 2.86 bits per heavy atom. The molecule has 0 bridgehead atoms. The predicted molar refractivity (Wildman–Crippen MR) is 64.0 cm³/mol. The molecular formula is C11H14BrNO. The first-order valence-electron chi connectivity index (χ1n) is 4.46. The molecule has 1 aromatic rings. The Kier molecular flexibility index (Phi) is 4.53. The number of halogens is 1. The van der Waals surface area contributed by atoms with Crippen LogP contribution in [-0.4, -0.2) is 13.7 Å². The van der Waals surface area contributed by atoms with Gasteiger partial charge in [0, 0.05) is 12.2 Å². The minimum absolute atomic E-state index is 0.843. The lowest BCUT2D eigenvalue weighted by molar-refractivity contribution is 0.412. The number of rotatable bonds is 4. The van der Waals surface area contributed by atoms with Crippen molar-refractivity contribution in [2.75, 3.05) is 19.0 Å². The second-order valence-corrected chi connectivity index (χ2v) is 3.65. The molecule has 0 aliphatic carbocycles. The topological polar surface area (TPSA) is 21.3 Å². The molecule has 0 amide bonds. The van der Waals surface area contributed by atoms with Crippen molar-refractivity contribution >= 4 is 21.6 Å². The van der Waals surface area contributed by atoms with E-state index in [9.17, 15) is 0 Å². The van der Waals surface area contributed by atoms with E-state index in [0.717, 1.165) is 22.5 Å². The zero-order valence-electron chi connectivity index (χ0n) is 8.38. The van der Waals surface area contributed by atoms with Crippen LogP contribution in [0.4, 0.5) is 5.69 Å². The molecular weight excluding hydrogens is 242 g/mol. The Labute approximate surface area is 93.1 Å². The first-order valence-corrected chi connectivity index (χ1v) is 5.25. The van der Waals surface area contributed by atoms with E-state index in [1.165, 1.54) is 0 Å². The molecule has 0 fully saturated rings. The largest absolute Gasteiger partial charge is 0.496 e. The van der Waals surface area contributed by atoms with Gasteiger partial charge in [-0.25, -0.2) is 0 Å². The number of nitrogens with one attached hydrogen (secondary N) is 1. The van der Waals surface area contributed by atoms with Crippen molar-refractivity contribution in [3.05, 3.63) is 34.8 Å². The number of hydrogen-bond acceptors (Lipinski definition) is 2. The molecule has 0 radical (unpaired) electrons. The third-order valence-corrected chi connectivity index (χ3v) is 2.43. The molecule has 0 unspecified atom stereocenters. The van der Waals surface area contributed by atoms with Gasteiger partial charge in [-0.15, -0.1) is 0 Å². The van der Waals surface area contributed by atoms with E-state index in [1.54, 1.807) is 7.11 Å². The molecule has 0 heterocycles. The summed E-state index contributed by atoms with van der Waals surface area (Å²) in [6.07, 6.45) is 4.09. The van der Waals surface area contributed by atoms with Crippen molar-refractivity contribution in [2.24, 2.45) is 0 Å². The molecule has 1 rings (SSSR count). The Bertz CT molecular complexity index is 323. The molecule has 14 heavy (non-hydrogen) atoms. The predicted octanol–water partition coefficient (Wildman–Crippen LogP) is 3.45. The summed E-state index contributed by atoms with van der Waals surface area (Å²) in [5.41, 5.74) is 1.08. The summed E-state index contributed by atoms with van der Waals surface area (Å²) in [6, 6.07) is 5.93. The molecule has 0 aliphatic heterocycles. The van der Waals surface area contributed by atoms with E-state index < -0.39 is 0 Å².